The summed E-state index contributed by atoms with van der Waals surface area (Å²) in [6.07, 6.45) is 7.71. The van der Waals surface area contributed by atoms with Crippen LogP contribution in [0.4, 0.5) is 0 Å². The Balaban J connectivity index is 2.08. The van der Waals surface area contributed by atoms with E-state index in [1.54, 1.807) is 0 Å². The summed E-state index contributed by atoms with van der Waals surface area (Å²) >= 11 is 0. The van der Waals surface area contributed by atoms with Crippen LogP contribution in [0.5, 0.6) is 0 Å². The highest BCUT2D eigenvalue weighted by Gasteiger charge is 2.31. The molecule has 1 aromatic rings. The quantitative estimate of drug-likeness (QED) is 0.435. The van der Waals surface area contributed by atoms with Gasteiger partial charge in [0.2, 0.25) is 11.8 Å². The number of rotatable bonds is 6. The molecule has 2 rings (SSSR count). The van der Waals surface area contributed by atoms with Gasteiger partial charge in [0.05, 0.1) is 24.6 Å². The molecule has 0 saturated heterocycles. The van der Waals surface area contributed by atoms with Crippen LogP contribution in [-0.4, -0.2) is 48.2 Å². The number of amides is 2. The Morgan fingerprint density at radius 3 is 2.59 bits per heavy atom. The molecule has 0 radical (unpaired) electrons. The van der Waals surface area contributed by atoms with Gasteiger partial charge in [-0.25, -0.2) is 0 Å². The molecule has 34 heavy (non-hydrogen) atoms. The average Bonchev–Trinajstić information content (AvgIpc) is 2.79. The molecule has 1 heterocycles. The summed E-state index contributed by atoms with van der Waals surface area (Å²) in [5.74, 6) is -1.33. The minimum Gasteiger partial charge on any atom is -0.463 e. The molecule has 7 nitrogen and oxygen atoms in total. The summed E-state index contributed by atoms with van der Waals surface area (Å²) in [6, 6.07) is 8.86. The van der Waals surface area contributed by atoms with Gasteiger partial charge in [-0.2, -0.15) is 0 Å². The molecule has 1 aromatic carbocycles. The van der Waals surface area contributed by atoms with Crippen molar-refractivity contribution in [2.75, 3.05) is 13.2 Å². The molecule has 0 aliphatic carbocycles. The van der Waals surface area contributed by atoms with Crippen LogP contribution < -0.4 is 10.6 Å². The predicted molar refractivity (Wildman–Crippen MR) is 132 cm³/mol. The maximum atomic E-state index is 13.2. The summed E-state index contributed by atoms with van der Waals surface area (Å²) < 4.78 is 5.44. The van der Waals surface area contributed by atoms with Crippen molar-refractivity contribution in [1.82, 2.24) is 10.6 Å². The van der Waals surface area contributed by atoms with E-state index in [9.17, 15) is 19.5 Å². The van der Waals surface area contributed by atoms with E-state index in [1.165, 1.54) is 0 Å². The van der Waals surface area contributed by atoms with Crippen molar-refractivity contribution in [2.45, 2.75) is 77.8 Å². The van der Waals surface area contributed by atoms with Crippen molar-refractivity contribution in [3.63, 3.8) is 0 Å². The van der Waals surface area contributed by atoms with E-state index >= 15 is 0 Å². The van der Waals surface area contributed by atoms with E-state index < -0.39 is 12.0 Å². The Morgan fingerprint density at radius 1 is 1.18 bits per heavy atom. The van der Waals surface area contributed by atoms with Crippen molar-refractivity contribution in [2.24, 2.45) is 11.3 Å². The Morgan fingerprint density at radius 2 is 1.91 bits per heavy atom. The molecule has 0 spiro atoms. The lowest BCUT2D eigenvalue weighted by Crippen LogP contribution is -2.50. The third kappa shape index (κ3) is 10.1. The fourth-order valence-electron chi connectivity index (χ4n) is 3.81. The molecule has 0 aromatic heterocycles. The normalized spacial score (nSPS) is 21.6. The highest BCUT2D eigenvalue weighted by molar-refractivity contribution is 5.86. The molecule has 0 unspecified atom stereocenters. The Labute approximate surface area is 203 Å². The number of carbonyl (C=O) groups is 3. The topological polar surface area (TPSA) is 105 Å². The van der Waals surface area contributed by atoms with Crippen LogP contribution in [0, 0.1) is 11.3 Å². The lowest BCUT2D eigenvalue weighted by atomic mass is 9.86. The Kier molecular flexibility index (Phi) is 11.3. The zero-order valence-corrected chi connectivity index (χ0v) is 20.7. The standard InChI is InChI=1S/C27H40N2O5/c1-27(2,3)23-19-34-25(32)15-11-6-4-5-10-14-21(26(33)29-23)17-24(31)28-22(18-30)16-20-12-8-7-9-13-20/h5,7-10,12-13,21-23,30H,4,6,11,14-19H2,1-3H3,(H,28,31)(H,29,33)/t21-,22+,23-/m1/s1. The molecular formula is C27H40N2O5. The average molecular weight is 473 g/mol. The number of nitrogens with one attached hydrogen (secondary N) is 2. The van der Waals surface area contributed by atoms with Gasteiger partial charge in [-0.3, -0.25) is 14.4 Å². The molecule has 3 N–H and O–H groups in total. The van der Waals surface area contributed by atoms with Gasteiger partial charge in [-0.1, -0.05) is 63.3 Å². The molecule has 1 aliphatic rings. The van der Waals surface area contributed by atoms with Gasteiger partial charge >= 0.3 is 5.97 Å². The highest BCUT2D eigenvalue weighted by Crippen LogP contribution is 2.22. The number of hydrogen-bond acceptors (Lipinski definition) is 5. The molecule has 7 heteroatoms. The van der Waals surface area contributed by atoms with Crippen molar-refractivity contribution in [3.05, 3.63) is 48.0 Å². The number of benzene rings is 1. The number of ether oxygens (including phenoxy) is 1. The number of esters is 1. The van der Waals surface area contributed by atoms with Crippen LogP contribution in [0.25, 0.3) is 0 Å². The first-order chi connectivity index (χ1) is 16.2. The molecule has 2 amide bonds. The van der Waals surface area contributed by atoms with Crippen LogP contribution >= 0.6 is 0 Å². The molecular weight excluding hydrogens is 432 g/mol. The summed E-state index contributed by atoms with van der Waals surface area (Å²) in [4.78, 5) is 38.1. The van der Waals surface area contributed by atoms with Crippen molar-refractivity contribution in [3.8, 4) is 0 Å². The van der Waals surface area contributed by atoms with Crippen LogP contribution in [0.1, 0.15) is 64.9 Å². The fourth-order valence-corrected chi connectivity index (χ4v) is 3.81. The van der Waals surface area contributed by atoms with Gasteiger partial charge in [0.15, 0.2) is 0 Å². The van der Waals surface area contributed by atoms with Gasteiger partial charge in [-0.15, -0.1) is 0 Å². The van der Waals surface area contributed by atoms with E-state index in [0.29, 0.717) is 19.3 Å². The largest absolute Gasteiger partial charge is 0.463 e. The summed E-state index contributed by atoms with van der Waals surface area (Å²) in [5, 5.41) is 15.6. The van der Waals surface area contributed by atoms with E-state index in [0.717, 1.165) is 24.8 Å². The Hall–Kier alpha value is -2.67. The number of aliphatic hydroxyl groups is 1. The van der Waals surface area contributed by atoms with E-state index in [-0.39, 0.29) is 48.9 Å². The minimum atomic E-state index is -0.559. The number of allylic oxidation sites excluding steroid dienone is 2. The number of aliphatic hydroxyl groups excluding tert-OH is 1. The predicted octanol–water partition coefficient (Wildman–Crippen LogP) is 3.31. The van der Waals surface area contributed by atoms with Gasteiger partial charge < -0.3 is 20.5 Å². The summed E-state index contributed by atoms with van der Waals surface area (Å²) in [5.41, 5.74) is 0.691. The van der Waals surface area contributed by atoms with Gasteiger partial charge in [0, 0.05) is 12.8 Å². The van der Waals surface area contributed by atoms with Gasteiger partial charge in [-0.05, 0) is 43.1 Å². The third-order valence-electron chi connectivity index (χ3n) is 6.07. The first kappa shape index (κ1) is 27.6. The molecule has 3 atom stereocenters. The lowest BCUT2D eigenvalue weighted by Gasteiger charge is -2.32. The number of hydrogen-bond donors (Lipinski definition) is 3. The van der Waals surface area contributed by atoms with Crippen LogP contribution in [0.15, 0.2) is 42.5 Å². The van der Waals surface area contributed by atoms with Gasteiger partial charge in [0.25, 0.3) is 0 Å². The van der Waals surface area contributed by atoms with Crippen molar-refractivity contribution >= 4 is 17.8 Å². The third-order valence-corrected chi connectivity index (χ3v) is 6.07. The maximum Gasteiger partial charge on any atom is 0.305 e. The summed E-state index contributed by atoms with van der Waals surface area (Å²) in [6.45, 7) is 5.85. The van der Waals surface area contributed by atoms with Crippen molar-refractivity contribution in [1.29, 1.82) is 0 Å². The monoisotopic (exact) mass is 472 g/mol. The molecule has 188 valence electrons. The smallest absolute Gasteiger partial charge is 0.305 e. The zero-order valence-electron chi connectivity index (χ0n) is 20.7. The minimum absolute atomic E-state index is 0.0120. The second-order valence-corrected chi connectivity index (χ2v) is 10.1. The first-order valence-corrected chi connectivity index (χ1v) is 12.2. The Bertz CT molecular complexity index is 816. The fraction of sp³-hybridized carbons (Fsp3) is 0.593. The maximum absolute atomic E-state index is 13.2. The lowest BCUT2D eigenvalue weighted by molar-refractivity contribution is -0.146. The van der Waals surface area contributed by atoms with Crippen LogP contribution in [-0.2, 0) is 25.5 Å². The molecule has 0 saturated carbocycles. The number of carbonyl (C=O) groups excluding carboxylic acids is 3. The van der Waals surface area contributed by atoms with Crippen LogP contribution in [0.2, 0.25) is 0 Å². The highest BCUT2D eigenvalue weighted by atomic mass is 16.5. The zero-order chi connectivity index (χ0) is 25.0. The van der Waals surface area contributed by atoms with Crippen molar-refractivity contribution < 1.29 is 24.2 Å². The molecule has 0 bridgehead atoms. The van der Waals surface area contributed by atoms with E-state index in [1.807, 2.05) is 63.3 Å². The number of cyclic esters (lactones) is 1. The van der Waals surface area contributed by atoms with E-state index in [2.05, 4.69) is 10.6 Å². The molecule has 0 fully saturated rings. The summed E-state index contributed by atoms with van der Waals surface area (Å²) in [7, 11) is 0. The second kappa shape index (κ2) is 13.9. The van der Waals surface area contributed by atoms with Crippen LogP contribution in [0.3, 0.4) is 0 Å². The molecule has 1 aliphatic heterocycles. The first-order valence-electron chi connectivity index (χ1n) is 12.2. The van der Waals surface area contributed by atoms with Gasteiger partial charge in [0.1, 0.15) is 6.61 Å². The SMILES string of the molecule is CC(C)(C)[C@H]1COC(=O)CCCCC=CC[C@H](CC(=O)N[C@H](CO)Cc2ccccc2)C(=O)N1. The second-order valence-electron chi connectivity index (χ2n) is 10.1. The van der Waals surface area contributed by atoms with E-state index in [4.69, 9.17) is 4.74 Å².